The number of hydrogen-bond donors (Lipinski definition) is 0. The molecule has 1 unspecified atom stereocenters. The molecule has 1 aromatic heterocycles. The summed E-state index contributed by atoms with van der Waals surface area (Å²) in [5.74, 6) is 1.57. The number of nitrogens with zero attached hydrogens (tertiary/aromatic N) is 2. The van der Waals surface area contributed by atoms with E-state index in [9.17, 15) is 4.79 Å². The van der Waals surface area contributed by atoms with Crippen LogP contribution in [0, 0.1) is 0 Å². The zero-order valence-corrected chi connectivity index (χ0v) is 10.6. The van der Waals surface area contributed by atoms with E-state index in [-0.39, 0.29) is 5.78 Å². The van der Waals surface area contributed by atoms with Gasteiger partial charge in [0.15, 0.2) is 5.89 Å². The molecular formula is C13H20N2O2. The fraction of sp³-hybridized carbons (Fsp3) is 0.692. The van der Waals surface area contributed by atoms with Crippen LogP contribution in [0.25, 0.3) is 0 Å². The van der Waals surface area contributed by atoms with Gasteiger partial charge in [0.1, 0.15) is 11.5 Å². The van der Waals surface area contributed by atoms with Gasteiger partial charge < -0.3 is 9.32 Å². The van der Waals surface area contributed by atoms with Crippen LogP contribution in [-0.4, -0.2) is 34.8 Å². The standard InChI is InChI=1S/C13H20N2O2/c1-3-15-6-4-5-11(15)8-13-14-9-12(17-13)7-10(2)16/h9,11H,3-8H2,1-2H3. The van der Waals surface area contributed by atoms with Gasteiger partial charge in [-0.05, 0) is 32.9 Å². The van der Waals surface area contributed by atoms with Gasteiger partial charge in [0.2, 0.25) is 0 Å². The monoisotopic (exact) mass is 236 g/mol. The summed E-state index contributed by atoms with van der Waals surface area (Å²) in [7, 11) is 0. The lowest BCUT2D eigenvalue weighted by Gasteiger charge is -2.21. The van der Waals surface area contributed by atoms with Gasteiger partial charge in [-0.2, -0.15) is 0 Å². The molecule has 1 saturated heterocycles. The molecule has 0 spiro atoms. The van der Waals surface area contributed by atoms with Crippen LogP contribution >= 0.6 is 0 Å². The van der Waals surface area contributed by atoms with Crippen molar-refractivity contribution >= 4 is 5.78 Å². The SMILES string of the molecule is CCN1CCCC1Cc1ncc(CC(C)=O)o1. The Balaban J connectivity index is 1.94. The highest BCUT2D eigenvalue weighted by molar-refractivity contribution is 5.77. The molecule has 0 bridgehead atoms. The molecular weight excluding hydrogens is 216 g/mol. The Morgan fingerprint density at radius 2 is 2.47 bits per heavy atom. The molecule has 2 rings (SSSR count). The number of ketones is 1. The smallest absolute Gasteiger partial charge is 0.195 e. The Bertz CT molecular complexity index is 387. The fourth-order valence-corrected chi connectivity index (χ4v) is 2.51. The van der Waals surface area contributed by atoms with Crippen LogP contribution in [0.15, 0.2) is 10.6 Å². The molecule has 0 amide bonds. The Morgan fingerprint density at radius 3 is 3.18 bits per heavy atom. The predicted molar refractivity (Wildman–Crippen MR) is 64.9 cm³/mol. The maximum atomic E-state index is 11.0. The molecule has 4 heteroatoms. The van der Waals surface area contributed by atoms with Crippen LogP contribution in [0.2, 0.25) is 0 Å². The quantitative estimate of drug-likeness (QED) is 0.782. The molecule has 0 aliphatic carbocycles. The first-order valence-corrected chi connectivity index (χ1v) is 6.36. The maximum absolute atomic E-state index is 11.0. The molecule has 1 aromatic rings. The Hall–Kier alpha value is -1.16. The first-order chi connectivity index (χ1) is 8.19. The van der Waals surface area contributed by atoms with E-state index in [0.717, 1.165) is 18.9 Å². The van der Waals surface area contributed by atoms with Gasteiger partial charge in [0.05, 0.1) is 12.6 Å². The minimum atomic E-state index is 0.115. The van der Waals surface area contributed by atoms with Crippen LogP contribution in [0.3, 0.4) is 0 Å². The highest BCUT2D eigenvalue weighted by Crippen LogP contribution is 2.20. The summed E-state index contributed by atoms with van der Waals surface area (Å²) in [4.78, 5) is 17.7. The van der Waals surface area contributed by atoms with Crippen LogP contribution in [-0.2, 0) is 17.6 Å². The Labute approximate surface area is 102 Å². The predicted octanol–water partition coefficient (Wildman–Crippen LogP) is 1.83. The third-order valence-electron chi connectivity index (χ3n) is 3.34. The average Bonchev–Trinajstić information content (AvgIpc) is 2.87. The Kier molecular flexibility index (Phi) is 3.94. The Morgan fingerprint density at radius 1 is 1.65 bits per heavy atom. The van der Waals surface area contributed by atoms with Gasteiger partial charge in [-0.15, -0.1) is 0 Å². The number of Topliss-reactive ketones (excluding diaryl/α,β-unsaturated/α-hetero) is 1. The fourth-order valence-electron chi connectivity index (χ4n) is 2.51. The molecule has 1 aliphatic rings. The summed E-state index contributed by atoms with van der Waals surface area (Å²) in [5, 5.41) is 0. The van der Waals surface area contributed by atoms with Gasteiger partial charge in [0, 0.05) is 12.5 Å². The van der Waals surface area contributed by atoms with Gasteiger partial charge in [-0.25, -0.2) is 4.98 Å². The lowest BCUT2D eigenvalue weighted by atomic mass is 10.1. The molecule has 94 valence electrons. The zero-order valence-electron chi connectivity index (χ0n) is 10.6. The van der Waals surface area contributed by atoms with E-state index < -0.39 is 0 Å². The minimum absolute atomic E-state index is 0.115. The third-order valence-corrected chi connectivity index (χ3v) is 3.34. The van der Waals surface area contributed by atoms with E-state index in [1.165, 1.54) is 19.4 Å². The van der Waals surface area contributed by atoms with Gasteiger partial charge in [-0.3, -0.25) is 4.79 Å². The van der Waals surface area contributed by atoms with Gasteiger partial charge in [-0.1, -0.05) is 6.92 Å². The second kappa shape index (κ2) is 5.45. The highest BCUT2D eigenvalue weighted by Gasteiger charge is 2.24. The summed E-state index contributed by atoms with van der Waals surface area (Å²) in [5.41, 5.74) is 0. The summed E-state index contributed by atoms with van der Waals surface area (Å²) < 4.78 is 5.59. The first-order valence-electron chi connectivity index (χ1n) is 6.36. The van der Waals surface area contributed by atoms with Crippen LogP contribution < -0.4 is 0 Å². The molecule has 0 radical (unpaired) electrons. The molecule has 1 atom stereocenters. The van der Waals surface area contributed by atoms with Gasteiger partial charge >= 0.3 is 0 Å². The molecule has 1 aliphatic heterocycles. The summed E-state index contributed by atoms with van der Waals surface area (Å²) in [6.45, 7) is 6.03. The van der Waals surface area contributed by atoms with Crippen LogP contribution in [0.5, 0.6) is 0 Å². The number of hydrogen-bond acceptors (Lipinski definition) is 4. The van der Waals surface area contributed by atoms with Crippen molar-refractivity contribution in [3.8, 4) is 0 Å². The van der Waals surface area contributed by atoms with Crippen molar-refractivity contribution in [3.63, 3.8) is 0 Å². The number of likely N-dealkylation sites (tertiary alicyclic amines) is 1. The molecule has 0 aromatic carbocycles. The number of carbonyl (C=O) groups is 1. The minimum Gasteiger partial charge on any atom is -0.445 e. The average molecular weight is 236 g/mol. The van der Waals surface area contributed by atoms with E-state index in [0.29, 0.717) is 18.2 Å². The van der Waals surface area contributed by atoms with Crippen molar-refractivity contribution in [2.45, 2.75) is 45.6 Å². The molecule has 17 heavy (non-hydrogen) atoms. The number of oxazole rings is 1. The lowest BCUT2D eigenvalue weighted by molar-refractivity contribution is -0.116. The van der Waals surface area contributed by atoms with Gasteiger partial charge in [0.25, 0.3) is 0 Å². The van der Waals surface area contributed by atoms with Crippen molar-refractivity contribution in [2.75, 3.05) is 13.1 Å². The van der Waals surface area contributed by atoms with E-state index in [1.807, 2.05) is 0 Å². The first kappa shape index (κ1) is 12.3. The summed E-state index contributed by atoms with van der Waals surface area (Å²) >= 11 is 0. The lowest BCUT2D eigenvalue weighted by Crippen LogP contribution is -2.30. The van der Waals surface area contributed by atoms with Crippen LogP contribution in [0.4, 0.5) is 0 Å². The van der Waals surface area contributed by atoms with Crippen LogP contribution in [0.1, 0.15) is 38.3 Å². The zero-order chi connectivity index (χ0) is 12.3. The molecule has 1 fully saturated rings. The van der Waals surface area contributed by atoms with E-state index >= 15 is 0 Å². The van der Waals surface area contributed by atoms with Crippen molar-refractivity contribution in [1.82, 2.24) is 9.88 Å². The largest absolute Gasteiger partial charge is 0.445 e. The van der Waals surface area contributed by atoms with Crippen molar-refractivity contribution in [2.24, 2.45) is 0 Å². The number of rotatable bonds is 5. The molecule has 0 saturated carbocycles. The number of carbonyl (C=O) groups excluding carboxylic acids is 1. The van der Waals surface area contributed by atoms with E-state index in [4.69, 9.17) is 4.42 Å². The second-order valence-corrected chi connectivity index (χ2v) is 4.73. The summed E-state index contributed by atoms with van der Waals surface area (Å²) in [6.07, 6.45) is 5.39. The highest BCUT2D eigenvalue weighted by atomic mass is 16.4. The molecule has 4 nitrogen and oxygen atoms in total. The van der Waals surface area contributed by atoms with E-state index in [1.54, 1.807) is 13.1 Å². The number of aromatic nitrogens is 1. The molecule has 0 N–H and O–H groups in total. The topological polar surface area (TPSA) is 46.3 Å². The van der Waals surface area contributed by atoms with E-state index in [2.05, 4.69) is 16.8 Å². The third kappa shape index (κ3) is 3.16. The number of likely N-dealkylation sites (N-methyl/N-ethyl adjacent to an activating group) is 1. The maximum Gasteiger partial charge on any atom is 0.195 e. The second-order valence-electron chi connectivity index (χ2n) is 4.73. The molecule has 2 heterocycles. The summed E-state index contributed by atoms with van der Waals surface area (Å²) in [6, 6.07) is 0.559. The van der Waals surface area contributed by atoms with Crippen molar-refractivity contribution in [3.05, 3.63) is 17.8 Å². The van der Waals surface area contributed by atoms with Crippen molar-refractivity contribution < 1.29 is 9.21 Å². The normalized spacial score (nSPS) is 20.9. The van der Waals surface area contributed by atoms with Crippen molar-refractivity contribution in [1.29, 1.82) is 0 Å².